The van der Waals surface area contributed by atoms with Gasteiger partial charge in [-0.2, -0.15) is 0 Å². The van der Waals surface area contributed by atoms with Crippen molar-refractivity contribution < 1.29 is 23.8 Å². The van der Waals surface area contributed by atoms with Crippen molar-refractivity contribution in [1.82, 2.24) is 10.6 Å². The molecule has 0 aromatic heterocycles. The smallest absolute Gasteiger partial charge is 0.315 e. The van der Waals surface area contributed by atoms with Gasteiger partial charge in [0, 0.05) is 37.7 Å². The van der Waals surface area contributed by atoms with E-state index in [2.05, 4.69) is 10.6 Å². The first-order valence-electron chi connectivity index (χ1n) is 9.71. The minimum Gasteiger partial charge on any atom is -0.497 e. The molecule has 0 radical (unpaired) electrons. The van der Waals surface area contributed by atoms with Crippen LogP contribution in [0.25, 0.3) is 0 Å². The molecule has 0 bridgehead atoms. The first-order valence-corrected chi connectivity index (χ1v) is 9.71. The molecule has 1 aliphatic heterocycles. The van der Waals surface area contributed by atoms with Crippen molar-refractivity contribution in [3.8, 4) is 17.2 Å². The molecule has 1 atom stereocenters. The number of carbonyl (C=O) groups is 2. The average Bonchev–Trinajstić information content (AvgIpc) is 3.16. The molecule has 160 valence electrons. The Labute approximate surface area is 176 Å². The monoisotopic (exact) mass is 413 g/mol. The highest BCUT2D eigenvalue weighted by molar-refractivity contribution is 5.95. The lowest BCUT2D eigenvalue weighted by molar-refractivity contribution is -0.117. The fourth-order valence-corrected chi connectivity index (χ4v) is 3.40. The van der Waals surface area contributed by atoms with Gasteiger partial charge in [0.15, 0.2) is 11.5 Å². The highest BCUT2D eigenvalue weighted by Crippen LogP contribution is 2.28. The molecule has 30 heavy (non-hydrogen) atoms. The predicted molar refractivity (Wildman–Crippen MR) is 113 cm³/mol. The normalized spacial score (nSPS) is 15.6. The van der Waals surface area contributed by atoms with Gasteiger partial charge >= 0.3 is 6.03 Å². The highest BCUT2D eigenvalue weighted by Gasteiger charge is 2.30. The summed E-state index contributed by atoms with van der Waals surface area (Å²) in [5.74, 6) is 2.11. The van der Waals surface area contributed by atoms with E-state index in [1.165, 1.54) is 0 Å². The Morgan fingerprint density at radius 3 is 2.40 bits per heavy atom. The number of methoxy groups -OCH3 is 3. The summed E-state index contributed by atoms with van der Waals surface area (Å²) in [6.07, 6.45) is 0.405. The van der Waals surface area contributed by atoms with Gasteiger partial charge in [0.05, 0.1) is 21.3 Å². The van der Waals surface area contributed by atoms with E-state index in [0.717, 1.165) is 17.0 Å². The molecule has 8 nitrogen and oxygen atoms in total. The summed E-state index contributed by atoms with van der Waals surface area (Å²) in [6, 6.07) is 12.6. The molecule has 0 saturated carbocycles. The van der Waals surface area contributed by atoms with E-state index in [1.807, 2.05) is 36.4 Å². The lowest BCUT2D eigenvalue weighted by atomic mass is 10.1. The van der Waals surface area contributed by atoms with E-state index in [9.17, 15) is 9.59 Å². The molecule has 0 spiro atoms. The van der Waals surface area contributed by atoms with Gasteiger partial charge in [0.2, 0.25) is 5.91 Å². The van der Waals surface area contributed by atoms with E-state index in [1.54, 1.807) is 32.3 Å². The third kappa shape index (κ3) is 5.14. The molecule has 2 aromatic rings. The maximum absolute atomic E-state index is 12.4. The topological polar surface area (TPSA) is 89.1 Å². The predicted octanol–water partition coefficient (Wildman–Crippen LogP) is 2.56. The maximum atomic E-state index is 12.4. The van der Waals surface area contributed by atoms with Crippen LogP contribution < -0.4 is 29.7 Å². The van der Waals surface area contributed by atoms with E-state index in [-0.39, 0.29) is 17.9 Å². The fraction of sp³-hybridized carbons (Fsp3) is 0.364. The van der Waals surface area contributed by atoms with E-state index in [0.29, 0.717) is 37.6 Å². The lowest BCUT2D eigenvalue weighted by Gasteiger charge is -2.17. The Hall–Kier alpha value is -3.42. The third-order valence-electron chi connectivity index (χ3n) is 5.04. The van der Waals surface area contributed by atoms with Crippen LogP contribution in [0, 0.1) is 5.92 Å². The third-order valence-corrected chi connectivity index (χ3v) is 5.04. The van der Waals surface area contributed by atoms with Gasteiger partial charge in [-0.25, -0.2) is 4.79 Å². The number of nitrogens with one attached hydrogen (secondary N) is 2. The molecule has 2 aromatic carbocycles. The second-order valence-corrected chi connectivity index (χ2v) is 7.03. The van der Waals surface area contributed by atoms with E-state index in [4.69, 9.17) is 14.2 Å². The van der Waals surface area contributed by atoms with Gasteiger partial charge in [-0.15, -0.1) is 0 Å². The van der Waals surface area contributed by atoms with Crippen molar-refractivity contribution in [2.45, 2.75) is 13.0 Å². The second kappa shape index (κ2) is 9.87. The van der Waals surface area contributed by atoms with Gasteiger partial charge in [-0.3, -0.25) is 4.79 Å². The number of rotatable bonds is 8. The zero-order chi connectivity index (χ0) is 21.5. The zero-order valence-corrected chi connectivity index (χ0v) is 17.4. The Morgan fingerprint density at radius 2 is 1.73 bits per heavy atom. The molecule has 8 heteroatoms. The first kappa shape index (κ1) is 21.3. The number of ether oxygens (including phenoxy) is 3. The van der Waals surface area contributed by atoms with Crippen molar-refractivity contribution in [1.29, 1.82) is 0 Å². The van der Waals surface area contributed by atoms with Crippen molar-refractivity contribution >= 4 is 17.6 Å². The van der Waals surface area contributed by atoms with Crippen LogP contribution in [0.4, 0.5) is 10.5 Å². The van der Waals surface area contributed by atoms with E-state index >= 15 is 0 Å². The molecule has 3 rings (SSSR count). The molecule has 3 amide bonds. The number of nitrogens with zero attached hydrogens (tertiary/aromatic N) is 1. The minimum atomic E-state index is -0.278. The molecule has 2 N–H and O–H groups in total. The van der Waals surface area contributed by atoms with Crippen LogP contribution in [-0.2, 0) is 11.3 Å². The lowest BCUT2D eigenvalue weighted by Crippen LogP contribution is -2.38. The summed E-state index contributed by atoms with van der Waals surface area (Å²) in [5, 5.41) is 5.67. The van der Waals surface area contributed by atoms with Crippen LogP contribution in [0.3, 0.4) is 0 Å². The average molecular weight is 413 g/mol. The number of amides is 3. The van der Waals surface area contributed by atoms with Gasteiger partial charge in [0.25, 0.3) is 0 Å². The quantitative estimate of drug-likeness (QED) is 0.694. The molecular formula is C22H27N3O5. The Balaban J connectivity index is 1.46. The summed E-state index contributed by atoms with van der Waals surface area (Å²) < 4.78 is 15.6. The van der Waals surface area contributed by atoms with Crippen molar-refractivity contribution in [2.24, 2.45) is 5.92 Å². The van der Waals surface area contributed by atoms with Crippen LogP contribution in [0.1, 0.15) is 12.0 Å². The summed E-state index contributed by atoms with van der Waals surface area (Å²) in [5.41, 5.74) is 1.73. The number of benzene rings is 2. The highest BCUT2D eigenvalue weighted by atomic mass is 16.5. The standard InChI is InChI=1S/C22H27N3O5/c1-28-18-7-5-17(6-8-18)25-14-16(11-21(25)26)13-24-22(27)23-12-15-4-9-19(29-2)20(10-15)30-3/h4-10,16H,11-14H2,1-3H3,(H2,23,24,27). The number of hydrogen-bond acceptors (Lipinski definition) is 5. The molecule has 1 aliphatic rings. The zero-order valence-electron chi connectivity index (χ0n) is 17.4. The van der Waals surface area contributed by atoms with Crippen LogP contribution in [0.15, 0.2) is 42.5 Å². The number of hydrogen-bond donors (Lipinski definition) is 2. The molecule has 0 aliphatic carbocycles. The van der Waals surface area contributed by atoms with Crippen LogP contribution in [-0.4, -0.2) is 46.4 Å². The molecule has 1 fully saturated rings. The van der Waals surface area contributed by atoms with Gasteiger partial charge in [-0.1, -0.05) is 6.07 Å². The Bertz CT molecular complexity index is 885. The summed E-state index contributed by atoms with van der Waals surface area (Å²) in [6.45, 7) is 1.35. The van der Waals surface area contributed by atoms with Crippen LogP contribution in [0.2, 0.25) is 0 Å². The molecule has 1 unspecified atom stereocenters. The molecular weight excluding hydrogens is 386 g/mol. The second-order valence-electron chi connectivity index (χ2n) is 7.03. The van der Waals surface area contributed by atoms with Crippen LogP contribution >= 0.6 is 0 Å². The number of carbonyl (C=O) groups excluding carboxylic acids is 2. The fourth-order valence-electron chi connectivity index (χ4n) is 3.40. The van der Waals surface area contributed by atoms with Gasteiger partial charge in [0.1, 0.15) is 5.75 Å². The van der Waals surface area contributed by atoms with Gasteiger partial charge < -0.3 is 29.7 Å². The van der Waals surface area contributed by atoms with Crippen molar-refractivity contribution in [3.63, 3.8) is 0 Å². The maximum Gasteiger partial charge on any atom is 0.315 e. The summed E-state index contributed by atoms with van der Waals surface area (Å²) in [4.78, 5) is 26.3. The van der Waals surface area contributed by atoms with Crippen LogP contribution in [0.5, 0.6) is 17.2 Å². The van der Waals surface area contributed by atoms with E-state index < -0.39 is 0 Å². The number of anilines is 1. The Morgan fingerprint density at radius 1 is 1.00 bits per heavy atom. The summed E-state index contributed by atoms with van der Waals surface area (Å²) in [7, 11) is 4.75. The van der Waals surface area contributed by atoms with Crippen molar-refractivity contribution in [2.75, 3.05) is 39.3 Å². The first-order chi connectivity index (χ1) is 14.5. The van der Waals surface area contributed by atoms with Crippen molar-refractivity contribution in [3.05, 3.63) is 48.0 Å². The van der Waals surface area contributed by atoms with Gasteiger partial charge in [-0.05, 0) is 42.0 Å². The largest absolute Gasteiger partial charge is 0.497 e. The molecule has 1 heterocycles. The number of urea groups is 1. The molecule has 1 saturated heterocycles. The SMILES string of the molecule is COc1ccc(N2CC(CNC(=O)NCc3ccc(OC)c(OC)c3)CC2=O)cc1. The minimum absolute atomic E-state index is 0.0534. The summed E-state index contributed by atoms with van der Waals surface area (Å²) >= 11 is 0. The Kier molecular flexibility index (Phi) is 7.00.